The van der Waals surface area contributed by atoms with Gasteiger partial charge in [0.2, 0.25) is 10.0 Å². The van der Waals surface area contributed by atoms with Crippen LogP contribution in [0.1, 0.15) is 23.8 Å². The first kappa shape index (κ1) is 17.5. The van der Waals surface area contributed by atoms with Crippen LogP contribution in [0.4, 0.5) is 8.78 Å². The fourth-order valence-corrected chi connectivity index (χ4v) is 5.88. The fourth-order valence-electron chi connectivity index (χ4n) is 3.23. The van der Waals surface area contributed by atoms with Gasteiger partial charge in [0.15, 0.2) is 0 Å². The van der Waals surface area contributed by atoms with E-state index in [1.54, 1.807) is 11.3 Å². The molecule has 1 aliphatic rings. The summed E-state index contributed by atoms with van der Waals surface area (Å²) >= 11 is 1.63. The van der Waals surface area contributed by atoms with Crippen molar-refractivity contribution in [3.63, 3.8) is 0 Å². The Hall–Kier alpha value is -1.90. The molecule has 2 aromatic carbocycles. The van der Waals surface area contributed by atoms with Gasteiger partial charge in [-0.15, -0.1) is 11.3 Å². The lowest BCUT2D eigenvalue weighted by atomic mass is 9.99. The highest BCUT2D eigenvalue weighted by Crippen LogP contribution is 2.35. The Balaban J connectivity index is 1.52. The van der Waals surface area contributed by atoms with E-state index < -0.39 is 21.7 Å². The number of para-hydroxylation sites is 1. The third-order valence-corrected chi connectivity index (χ3v) is 7.66. The average molecular weight is 394 g/mol. The highest BCUT2D eigenvalue weighted by atomic mass is 32.2. The summed E-state index contributed by atoms with van der Waals surface area (Å²) in [6.07, 6.45) is 1.27. The third kappa shape index (κ3) is 3.24. The number of piperidine rings is 1. The van der Waals surface area contributed by atoms with E-state index in [0.717, 1.165) is 27.4 Å². The van der Waals surface area contributed by atoms with Crippen LogP contribution in [0.15, 0.2) is 47.4 Å². The molecule has 4 rings (SSSR count). The van der Waals surface area contributed by atoms with Crippen molar-refractivity contribution in [2.45, 2.75) is 23.7 Å². The van der Waals surface area contributed by atoms with E-state index in [9.17, 15) is 17.2 Å². The summed E-state index contributed by atoms with van der Waals surface area (Å²) in [5, 5.41) is 1.01. The van der Waals surface area contributed by atoms with Gasteiger partial charge in [-0.1, -0.05) is 12.1 Å². The van der Waals surface area contributed by atoms with E-state index in [0.29, 0.717) is 32.0 Å². The fraction of sp³-hybridized carbons (Fsp3) is 0.278. The van der Waals surface area contributed by atoms with Crippen molar-refractivity contribution in [1.29, 1.82) is 0 Å². The second-order valence-electron chi connectivity index (χ2n) is 6.30. The number of nitrogens with zero attached hydrogens (tertiary/aromatic N) is 2. The van der Waals surface area contributed by atoms with Crippen LogP contribution >= 0.6 is 11.3 Å². The summed E-state index contributed by atoms with van der Waals surface area (Å²) in [4.78, 5) is 4.32. The minimum Gasteiger partial charge on any atom is -0.241 e. The van der Waals surface area contributed by atoms with E-state index in [2.05, 4.69) is 4.98 Å². The van der Waals surface area contributed by atoms with E-state index in [4.69, 9.17) is 0 Å². The molecule has 0 atom stereocenters. The van der Waals surface area contributed by atoms with E-state index >= 15 is 0 Å². The molecule has 1 aromatic heterocycles. The number of fused-ring (bicyclic) bond motifs is 1. The maximum atomic E-state index is 13.4. The standard InChI is InChI=1S/C18H16F2N2O2S2/c19-13-9-14(20)11-15(10-13)26(23,24)22-7-5-12(6-8-22)18-21-16-3-1-2-4-17(16)25-18/h1-4,9-12H,5-8H2. The summed E-state index contributed by atoms with van der Waals surface area (Å²) in [6, 6.07) is 10.3. The SMILES string of the molecule is O=S(=O)(c1cc(F)cc(F)c1)N1CCC(c2nc3ccccc3s2)CC1. The molecule has 0 saturated carbocycles. The Labute approximate surface area is 154 Å². The molecule has 0 bridgehead atoms. The Bertz CT molecular complexity index is 1000. The first-order chi connectivity index (χ1) is 12.4. The van der Waals surface area contributed by atoms with Gasteiger partial charge in [-0.25, -0.2) is 22.2 Å². The van der Waals surface area contributed by atoms with Crippen molar-refractivity contribution in [2.24, 2.45) is 0 Å². The van der Waals surface area contributed by atoms with Crippen LogP contribution in [0.2, 0.25) is 0 Å². The Kier molecular flexibility index (Phi) is 4.50. The molecule has 0 aliphatic carbocycles. The number of thiazole rings is 1. The van der Waals surface area contributed by atoms with Crippen LogP contribution in [0.3, 0.4) is 0 Å². The van der Waals surface area contributed by atoms with Gasteiger partial charge >= 0.3 is 0 Å². The quantitative estimate of drug-likeness (QED) is 0.671. The van der Waals surface area contributed by atoms with E-state index in [1.165, 1.54) is 4.31 Å². The molecule has 0 amide bonds. The summed E-state index contributed by atoms with van der Waals surface area (Å²) < 4.78 is 54.5. The molecule has 8 heteroatoms. The van der Waals surface area contributed by atoms with Crippen molar-refractivity contribution in [2.75, 3.05) is 13.1 Å². The first-order valence-corrected chi connectivity index (χ1v) is 10.5. The van der Waals surface area contributed by atoms with Crippen LogP contribution in [0, 0.1) is 11.6 Å². The molecule has 0 unspecified atom stereocenters. The van der Waals surface area contributed by atoms with Gasteiger partial charge < -0.3 is 0 Å². The molecular formula is C18H16F2N2O2S2. The molecule has 26 heavy (non-hydrogen) atoms. The molecule has 4 nitrogen and oxygen atoms in total. The van der Waals surface area contributed by atoms with Gasteiger partial charge in [0.25, 0.3) is 0 Å². The molecule has 1 fully saturated rings. The minimum atomic E-state index is -3.90. The van der Waals surface area contributed by atoms with Crippen LogP contribution in [0.5, 0.6) is 0 Å². The van der Waals surface area contributed by atoms with Gasteiger partial charge in [0.1, 0.15) is 11.6 Å². The third-order valence-electron chi connectivity index (χ3n) is 4.59. The summed E-state index contributed by atoms with van der Waals surface area (Å²) in [6.45, 7) is 0.613. The molecule has 0 N–H and O–H groups in total. The number of benzene rings is 2. The largest absolute Gasteiger partial charge is 0.243 e. The number of hydrogen-bond acceptors (Lipinski definition) is 4. The maximum absolute atomic E-state index is 13.4. The molecule has 136 valence electrons. The zero-order valence-electron chi connectivity index (χ0n) is 13.7. The summed E-state index contributed by atoms with van der Waals surface area (Å²) in [5.74, 6) is -1.59. The second kappa shape index (κ2) is 6.68. The lowest BCUT2D eigenvalue weighted by Crippen LogP contribution is -2.38. The highest BCUT2D eigenvalue weighted by molar-refractivity contribution is 7.89. The molecule has 0 radical (unpaired) electrons. The zero-order valence-corrected chi connectivity index (χ0v) is 15.4. The highest BCUT2D eigenvalue weighted by Gasteiger charge is 2.31. The average Bonchev–Trinajstić information content (AvgIpc) is 3.05. The van der Waals surface area contributed by atoms with Crippen molar-refractivity contribution in [3.05, 3.63) is 59.1 Å². The van der Waals surface area contributed by atoms with Crippen LogP contribution in [-0.2, 0) is 10.0 Å². The smallest absolute Gasteiger partial charge is 0.241 e. The Morgan fingerprint density at radius 2 is 1.69 bits per heavy atom. The monoisotopic (exact) mass is 394 g/mol. The number of aromatic nitrogens is 1. The van der Waals surface area contributed by atoms with Gasteiger partial charge in [0.05, 0.1) is 20.1 Å². The number of hydrogen-bond donors (Lipinski definition) is 0. The Morgan fingerprint density at radius 3 is 2.35 bits per heavy atom. The minimum absolute atomic E-state index is 0.197. The first-order valence-electron chi connectivity index (χ1n) is 8.25. The topological polar surface area (TPSA) is 50.3 Å². The van der Waals surface area contributed by atoms with Crippen LogP contribution < -0.4 is 0 Å². The van der Waals surface area contributed by atoms with Crippen molar-refractivity contribution in [1.82, 2.24) is 9.29 Å². The summed E-state index contributed by atoms with van der Waals surface area (Å²) in [5.41, 5.74) is 0.956. The predicted octanol–water partition coefficient (Wildman–Crippen LogP) is 4.14. The van der Waals surface area contributed by atoms with Crippen molar-refractivity contribution in [3.8, 4) is 0 Å². The van der Waals surface area contributed by atoms with E-state index in [-0.39, 0.29) is 10.8 Å². The van der Waals surface area contributed by atoms with Gasteiger partial charge in [-0.05, 0) is 37.1 Å². The van der Waals surface area contributed by atoms with Crippen LogP contribution in [0.25, 0.3) is 10.2 Å². The summed E-state index contributed by atoms with van der Waals surface area (Å²) in [7, 11) is -3.90. The number of rotatable bonds is 3. The zero-order chi connectivity index (χ0) is 18.3. The molecule has 3 aromatic rings. The lowest BCUT2D eigenvalue weighted by Gasteiger charge is -2.30. The van der Waals surface area contributed by atoms with Gasteiger partial charge in [0, 0.05) is 25.1 Å². The van der Waals surface area contributed by atoms with Crippen LogP contribution in [-0.4, -0.2) is 30.8 Å². The Morgan fingerprint density at radius 1 is 1.04 bits per heavy atom. The second-order valence-corrected chi connectivity index (χ2v) is 9.30. The predicted molar refractivity (Wildman–Crippen MR) is 96.7 cm³/mol. The van der Waals surface area contributed by atoms with Gasteiger partial charge in [-0.3, -0.25) is 0 Å². The van der Waals surface area contributed by atoms with E-state index in [1.807, 2.05) is 24.3 Å². The normalized spacial score (nSPS) is 17.0. The molecule has 1 saturated heterocycles. The molecule has 0 spiro atoms. The van der Waals surface area contributed by atoms with Gasteiger partial charge in [-0.2, -0.15) is 4.31 Å². The molecule has 2 heterocycles. The maximum Gasteiger partial charge on any atom is 0.243 e. The van der Waals surface area contributed by atoms with Crippen molar-refractivity contribution < 1.29 is 17.2 Å². The van der Waals surface area contributed by atoms with Crippen molar-refractivity contribution >= 4 is 31.6 Å². The molecular weight excluding hydrogens is 378 g/mol. The lowest BCUT2D eigenvalue weighted by molar-refractivity contribution is 0.319. The number of halogens is 2. The molecule has 1 aliphatic heterocycles. The number of sulfonamides is 1.